The Labute approximate surface area is 67.4 Å². The number of oxime groups is 1. The molecular weight excluding hydrogens is 142 g/mol. The summed E-state index contributed by atoms with van der Waals surface area (Å²) in [6, 6.07) is 0. The van der Waals surface area contributed by atoms with Gasteiger partial charge in [0.15, 0.2) is 0 Å². The molecule has 11 heavy (non-hydrogen) atoms. The number of hydrogen-bond acceptors (Lipinski definition) is 3. The quantitative estimate of drug-likeness (QED) is 0.609. The maximum Gasteiger partial charge on any atom is 0.137 e. The molecule has 0 amide bonds. The molecule has 0 bridgehead atoms. The highest BCUT2D eigenvalue weighted by Gasteiger charge is 2.31. The predicted octanol–water partition coefficient (Wildman–Crippen LogP) is 1.58. The fourth-order valence-corrected chi connectivity index (χ4v) is 1.04. The lowest BCUT2D eigenvalue weighted by Gasteiger charge is -2.14. The third kappa shape index (κ3) is 1.93. The van der Waals surface area contributed by atoms with Crippen LogP contribution in [0.4, 0.5) is 0 Å². The highest BCUT2D eigenvalue weighted by molar-refractivity contribution is 5.89. The monoisotopic (exact) mass is 157 g/mol. The molecule has 3 heteroatoms. The van der Waals surface area contributed by atoms with Crippen molar-refractivity contribution >= 4 is 5.71 Å². The maximum atomic E-state index is 5.18. The highest BCUT2D eigenvalue weighted by atomic mass is 16.7. The Hall–Kier alpha value is -0.570. The summed E-state index contributed by atoms with van der Waals surface area (Å²) in [6.07, 6.45) is 0.943. The second-order valence-electron chi connectivity index (χ2n) is 3.49. The van der Waals surface area contributed by atoms with Gasteiger partial charge in [0.1, 0.15) is 5.60 Å². The molecule has 0 fully saturated rings. The molecule has 1 aliphatic heterocycles. The van der Waals surface area contributed by atoms with Crippen molar-refractivity contribution in [3.8, 4) is 0 Å². The molecule has 1 aliphatic rings. The first-order chi connectivity index (χ1) is 5.05. The van der Waals surface area contributed by atoms with E-state index >= 15 is 0 Å². The molecule has 0 saturated heterocycles. The molecule has 1 heterocycles. The summed E-state index contributed by atoms with van der Waals surface area (Å²) in [6.45, 7) is 6.02. The second-order valence-corrected chi connectivity index (χ2v) is 3.49. The van der Waals surface area contributed by atoms with Crippen molar-refractivity contribution in [2.75, 3.05) is 7.11 Å². The number of hydrogen-bond donors (Lipinski definition) is 0. The van der Waals surface area contributed by atoms with Gasteiger partial charge in [-0.3, -0.25) is 0 Å². The van der Waals surface area contributed by atoms with Gasteiger partial charge in [-0.25, -0.2) is 0 Å². The zero-order valence-electron chi connectivity index (χ0n) is 7.55. The minimum atomic E-state index is -0.137. The van der Waals surface area contributed by atoms with E-state index in [1.54, 1.807) is 7.11 Å². The molecule has 1 atom stereocenters. The molecule has 1 unspecified atom stereocenters. The molecular formula is C8H15NO2. The highest BCUT2D eigenvalue weighted by Crippen LogP contribution is 2.23. The summed E-state index contributed by atoms with van der Waals surface area (Å²) in [5.74, 6) is 0. The first kappa shape index (κ1) is 8.53. The van der Waals surface area contributed by atoms with E-state index in [1.807, 2.05) is 20.8 Å². The Bertz CT molecular complexity index is 175. The van der Waals surface area contributed by atoms with Crippen LogP contribution in [0, 0.1) is 0 Å². The smallest absolute Gasteiger partial charge is 0.137 e. The summed E-state index contributed by atoms with van der Waals surface area (Å²) in [5.41, 5.74) is 0.861. The average Bonchev–Trinajstić information content (AvgIpc) is 2.29. The van der Waals surface area contributed by atoms with E-state index < -0.39 is 0 Å². The van der Waals surface area contributed by atoms with Crippen molar-refractivity contribution in [2.45, 2.75) is 38.9 Å². The Kier molecular flexibility index (Phi) is 2.18. The standard InChI is InChI=1S/C8H15NO2/c1-6(10-4)7-5-8(2,3)11-9-7/h6H,5H2,1-4H3. The van der Waals surface area contributed by atoms with E-state index in [4.69, 9.17) is 9.57 Å². The number of rotatable bonds is 2. The molecule has 0 aromatic carbocycles. The van der Waals surface area contributed by atoms with Gasteiger partial charge in [0.05, 0.1) is 11.8 Å². The zero-order valence-corrected chi connectivity index (χ0v) is 7.55. The third-order valence-electron chi connectivity index (χ3n) is 1.84. The lowest BCUT2D eigenvalue weighted by molar-refractivity contribution is 0.0123. The van der Waals surface area contributed by atoms with Gasteiger partial charge in [-0.2, -0.15) is 0 Å². The number of ether oxygens (including phenoxy) is 1. The van der Waals surface area contributed by atoms with E-state index in [9.17, 15) is 0 Å². The van der Waals surface area contributed by atoms with E-state index in [2.05, 4.69) is 5.16 Å². The van der Waals surface area contributed by atoms with Crippen LogP contribution in [0.15, 0.2) is 5.16 Å². The molecule has 0 saturated carbocycles. The lowest BCUT2D eigenvalue weighted by Crippen LogP contribution is -2.24. The van der Waals surface area contributed by atoms with Crippen LogP contribution >= 0.6 is 0 Å². The van der Waals surface area contributed by atoms with Crippen molar-refractivity contribution in [1.29, 1.82) is 0 Å². The van der Waals surface area contributed by atoms with Gasteiger partial charge in [-0.1, -0.05) is 5.16 Å². The minimum Gasteiger partial charge on any atom is -0.389 e. The first-order valence-electron chi connectivity index (χ1n) is 3.83. The predicted molar refractivity (Wildman–Crippen MR) is 43.7 cm³/mol. The lowest BCUT2D eigenvalue weighted by atomic mass is 10.0. The van der Waals surface area contributed by atoms with E-state index in [1.165, 1.54) is 0 Å². The van der Waals surface area contributed by atoms with Crippen LogP contribution in [0.5, 0.6) is 0 Å². The molecule has 0 aromatic rings. The molecule has 3 nitrogen and oxygen atoms in total. The van der Waals surface area contributed by atoms with Crippen molar-refractivity contribution in [1.82, 2.24) is 0 Å². The fourth-order valence-electron chi connectivity index (χ4n) is 1.04. The van der Waals surface area contributed by atoms with Crippen molar-refractivity contribution in [3.05, 3.63) is 0 Å². The van der Waals surface area contributed by atoms with Gasteiger partial charge in [0.25, 0.3) is 0 Å². The Balaban J connectivity index is 2.52. The van der Waals surface area contributed by atoms with Crippen molar-refractivity contribution in [2.24, 2.45) is 5.16 Å². The van der Waals surface area contributed by atoms with E-state index in [0.717, 1.165) is 12.1 Å². The van der Waals surface area contributed by atoms with Gasteiger partial charge in [-0.15, -0.1) is 0 Å². The Morgan fingerprint density at radius 1 is 1.64 bits per heavy atom. The zero-order chi connectivity index (χ0) is 8.48. The number of nitrogens with zero attached hydrogens (tertiary/aromatic N) is 1. The van der Waals surface area contributed by atoms with Crippen molar-refractivity contribution < 1.29 is 9.57 Å². The second kappa shape index (κ2) is 2.81. The summed E-state index contributed by atoms with van der Waals surface area (Å²) < 4.78 is 5.12. The summed E-state index contributed by atoms with van der Waals surface area (Å²) in [4.78, 5) is 5.18. The van der Waals surface area contributed by atoms with Gasteiger partial charge < -0.3 is 9.57 Å². The Morgan fingerprint density at radius 3 is 2.64 bits per heavy atom. The van der Waals surface area contributed by atoms with Crippen LogP contribution in [0.25, 0.3) is 0 Å². The Morgan fingerprint density at radius 2 is 2.27 bits per heavy atom. The molecule has 0 N–H and O–H groups in total. The van der Waals surface area contributed by atoms with Gasteiger partial charge >= 0.3 is 0 Å². The molecule has 0 spiro atoms. The van der Waals surface area contributed by atoms with Crippen LogP contribution in [0.2, 0.25) is 0 Å². The van der Waals surface area contributed by atoms with Gasteiger partial charge in [-0.05, 0) is 20.8 Å². The molecule has 0 aromatic heterocycles. The normalized spacial score (nSPS) is 24.2. The largest absolute Gasteiger partial charge is 0.389 e. The fraction of sp³-hybridized carbons (Fsp3) is 0.875. The maximum absolute atomic E-state index is 5.18. The van der Waals surface area contributed by atoms with Crippen LogP contribution < -0.4 is 0 Å². The summed E-state index contributed by atoms with van der Waals surface area (Å²) in [7, 11) is 1.68. The van der Waals surface area contributed by atoms with Gasteiger partial charge in [0, 0.05) is 13.5 Å². The minimum absolute atomic E-state index is 0.0803. The molecule has 64 valence electrons. The average molecular weight is 157 g/mol. The first-order valence-corrected chi connectivity index (χ1v) is 3.83. The van der Waals surface area contributed by atoms with Crippen molar-refractivity contribution in [3.63, 3.8) is 0 Å². The van der Waals surface area contributed by atoms with Crippen LogP contribution in [-0.4, -0.2) is 24.5 Å². The van der Waals surface area contributed by atoms with Gasteiger partial charge in [0.2, 0.25) is 0 Å². The third-order valence-corrected chi connectivity index (χ3v) is 1.84. The van der Waals surface area contributed by atoms with E-state index in [-0.39, 0.29) is 11.7 Å². The van der Waals surface area contributed by atoms with Crippen LogP contribution in [-0.2, 0) is 9.57 Å². The summed E-state index contributed by atoms with van der Waals surface area (Å²) in [5, 5.41) is 3.95. The number of methoxy groups -OCH3 is 1. The van der Waals surface area contributed by atoms with Crippen LogP contribution in [0.3, 0.4) is 0 Å². The molecule has 0 aliphatic carbocycles. The SMILES string of the molecule is COC(C)C1=NOC(C)(C)C1. The summed E-state index contributed by atoms with van der Waals surface area (Å²) >= 11 is 0. The molecule has 1 rings (SSSR count). The van der Waals surface area contributed by atoms with Crippen LogP contribution in [0.1, 0.15) is 27.2 Å². The molecule has 0 radical (unpaired) electrons. The van der Waals surface area contributed by atoms with E-state index in [0.29, 0.717) is 0 Å². The topological polar surface area (TPSA) is 30.8 Å².